The first kappa shape index (κ1) is 18.0. The highest BCUT2D eigenvalue weighted by atomic mass is 35.5. The number of ether oxygens (including phenoxy) is 1. The average molecular weight is 374 g/mol. The van der Waals surface area contributed by atoms with Gasteiger partial charge in [0.15, 0.2) is 5.75 Å². The van der Waals surface area contributed by atoms with Crippen molar-refractivity contribution >= 4 is 45.6 Å². The Morgan fingerprint density at radius 3 is 2.52 bits per heavy atom. The van der Waals surface area contributed by atoms with Gasteiger partial charge in [-0.15, -0.1) is 10.2 Å². The van der Waals surface area contributed by atoms with Crippen LogP contribution in [-0.2, 0) is 0 Å². The third-order valence-corrected chi connectivity index (χ3v) is 4.32. The number of amides is 1. The van der Waals surface area contributed by atoms with Gasteiger partial charge >= 0.3 is 0 Å². The summed E-state index contributed by atoms with van der Waals surface area (Å²) in [7, 11) is 0. The minimum atomic E-state index is -0.345. The van der Waals surface area contributed by atoms with E-state index in [2.05, 4.69) is 22.4 Å². The molecular weight excluding hydrogens is 357 g/mol. The van der Waals surface area contributed by atoms with Gasteiger partial charge in [-0.3, -0.25) is 10.1 Å². The molecule has 0 saturated carbocycles. The number of carbonyl (C=O) groups is 1. The zero-order valence-corrected chi connectivity index (χ0v) is 15.2. The van der Waals surface area contributed by atoms with Gasteiger partial charge in [-0.05, 0) is 25.5 Å². The fourth-order valence-corrected chi connectivity index (χ4v) is 3.05. The maximum absolute atomic E-state index is 12.2. The summed E-state index contributed by atoms with van der Waals surface area (Å²) >= 11 is 13.7. The summed E-state index contributed by atoms with van der Waals surface area (Å²) in [6, 6.07) is 3.07. The number of nitrogens with one attached hydrogen (secondary N) is 1. The number of unbranched alkanes of at least 4 members (excludes halogenated alkanes) is 2. The fourth-order valence-electron chi connectivity index (χ4n) is 1.87. The molecule has 0 bridgehead atoms. The summed E-state index contributed by atoms with van der Waals surface area (Å²) in [4.78, 5) is 12.2. The van der Waals surface area contributed by atoms with Crippen LogP contribution in [0.5, 0.6) is 5.75 Å². The van der Waals surface area contributed by atoms with Crippen LogP contribution < -0.4 is 10.1 Å². The van der Waals surface area contributed by atoms with E-state index in [1.807, 2.05) is 6.92 Å². The SMILES string of the molecule is CCCCCOc1c(Cl)cc(C(=O)Nc2nnc(C)s2)cc1Cl. The summed E-state index contributed by atoms with van der Waals surface area (Å²) in [6.07, 6.45) is 3.12. The van der Waals surface area contributed by atoms with Crippen LogP contribution in [0.2, 0.25) is 10.0 Å². The second-order valence-corrected chi connectivity index (χ2v) is 6.90. The summed E-state index contributed by atoms with van der Waals surface area (Å²) in [5, 5.41) is 12.2. The molecule has 0 atom stereocenters. The first-order valence-electron chi connectivity index (χ1n) is 7.24. The second-order valence-electron chi connectivity index (χ2n) is 4.90. The first-order valence-corrected chi connectivity index (χ1v) is 8.81. The van der Waals surface area contributed by atoms with Crippen LogP contribution in [0.3, 0.4) is 0 Å². The highest BCUT2D eigenvalue weighted by molar-refractivity contribution is 7.15. The van der Waals surface area contributed by atoms with Crippen molar-refractivity contribution in [2.24, 2.45) is 0 Å². The second kappa shape index (κ2) is 8.47. The smallest absolute Gasteiger partial charge is 0.257 e. The number of hydrogen-bond donors (Lipinski definition) is 1. The van der Waals surface area contributed by atoms with Crippen LogP contribution >= 0.6 is 34.5 Å². The lowest BCUT2D eigenvalue weighted by molar-refractivity contribution is 0.102. The van der Waals surface area contributed by atoms with Gasteiger partial charge in [0.2, 0.25) is 5.13 Å². The Balaban J connectivity index is 2.07. The number of hydrogen-bond acceptors (Lipinski definition) is 5. The van der Waals surface area contributed by atoms with Gasteiger partial charge in [0.25, 0.3) is 5.91 Å². The highest BCUT2D eigenvalue weighted by Crippen LogP contribution is 2.34. The topological polar surface area (TPSA) is 64.1 Å². The molecular formula is C15H17Cl2N3O2S. The number of carbonyl (C=O) groups excluding carboxylic acids is 1. The zero-order chi connectivity index (χ0) is 16.8. The number of benzene rings is 1. The fraction of sp³-hybridized carbons (Fsp3) is 0.400. The molecule has 5 nitrogen and oxygen atoms in total. The first-order chi connectivity index (χ1) is 11.0. The van der Waals surface area contributed by atoms with Gasteiger partial charge in [0.05, 0.1) is 16.7 Å². The summed E-state index contributed by atoms with van der Waals surface area (Å²) < 4.78 is 5.61. The molecule has 0 spiro atoms. The number of rotatable bonds is 7. The maximum Gasteiger partial charge on any atom is 0.257 e. The largest absolute Gasteiger partial charge is 0.490 e. The van der Waals surface area contributed by atoms with Crippen molar-refractivity contribution in [1.29, 1.82) is 0 Å². The Morgan fingerprint density at radius 1 is 1.26 bits per heavy atom. The molecule has 0 saturated heterocycles. The lowest BCUT2D eigenvalue weighted by atomic mass is 10.2. The highest BCUT2D eigenvalue weighted by Gasteiger charge is 2.15. The van der Waals surface area contributed by atoms with Crippen molar-refractivity contribution in [2.75, 3.05) is 11.9 Å². The van der Waals surface area contributed by atoms with E-state index < -0.39 is 0 Å². The predicted octanol–water partition coefficient (Wildman–Crippen LogP) is 4.97. The van der Waals surface area contributed by atoms with E-state index >= 15 is 0 Å². The number of nitrogens with zero attached hydrogens (tertiary/aromatic N) is 2. The van der Waals surface area contributed by atoms with Crippen LogP contribution in [-0.4, -0.2) is 22.7 Å². The maximum atomic E-state index is 12.2. The third kappa shape index (κ3) is 5.06. The van der Waals surface area contributed by atoms with Crippen molar-refractivity contribution in [2.45, 2.75) is 33.1 Å². The van der Waals surface area contributed by atoms with Crippen molar-refractivity contribution in [1.82, 2.24) is 10.2 Å². The van der Waals surface area contributed by atoms with Crippen molar-refractivity contribution in [3.05, 3.63) is 32.7 Å². The third-order valence-electron chi connectivity index (χ3n) is 3.00. The van der Waals surface area contributed by atoms with E-state index in [0.717, 1.165) is 24.3 Å². The molecule has 0 unspecified atom stereocenters. The van der Waals surface area contributed by atoms with Gasteiger partial charge in [-0.25, -0.2) is 0 Å². The quantitative estimate of drug-likeness (QED) is 0.695. The van der Waals surface area contributed by atoms with Crippen LogP contribution in [0.4, 0.5) is 5.13 Å². The molecule has 2 aromatic rings. The Kier molecular flexibility index (Phi) is 6.62. The monoisotopic (exact) mass is 373 g/mol. The number of anilines is 1. The van der Waals surface area contributed by atoms with Gasteiger partial charge < -0.3 is 4.74 Å². The van der Waals surface area contributed by atoms with Crippen molar-refractivity contribution in [3.63, 3.8) is 0 Å². The summed E-state index contributed by atoms with van der Waals surface area (Å²) in [5.74, 6) is 0.0650. The molecule has 0 aliphatic carbocycles. The summed E-state index contributed by atoms with van der Waals surface area (Å²) in [6.45, 7) is 4.47. The van der Waals surface area contributed by atoms with Gasteiger partial charge in [0, 0.05) is 5.56 Å². The molecule has 0 aliphatic heterocycles. The molecule has 1 heterocycles. The number of aryl methyl sites for hydroxylation is 1. The molecule has 124 valence electrons. The molecule has 1 amide bonds. The van der Waals surface area contributed by atoms with Gasteiger partial charge in [0.1, 0.15) is 5.01 Å². The van der Waals surface area contributed by atoms with Gasteiger partial charge in [-0.2, -0.15) is 0 Å². The van der Waals surface area contributed by atoms with E-state index in [9.17, 15) is 4.79 Å². The zero-order valence-electron chi connectivity index (χ0n) is 12.9. The Bertz CT molecular complexity index is 668. The average Bonchev–Trinajstić information content (AvgIpc) is 2.90. The van der Waals surface area contributed by atoms with Gasteiger partial charge in [-0.1, -0.05) is 54.3 Å². The molecule has 23 heavy (non-hydrogen) atoms. The van der Waals surface area contributed by atoms with E-state index in [4.69, 9.17) is 27.9 Å². The molecule has 1 aromatic carbocycles. The predicted molar refractivity (Wildman–Crippen MR) is 94.1 cm³/mol. The van der Waals surface area contributed by atoms with E-state index in [1.54, 1.807) is 0 Å². The Hall–Kier alpha value is -1.37. The summed E-state index contributed by atoms with van der Waals surface area (Å²) in [5.41, 5.74) is 0.341. The Morgan fingerprint density at radius 2 is 1.96 bits per heavy atom. The lowest BCUT2D eigenvalue weighted by Crippen LogP contribution is -2.12. The molecule has 0 fully saturated rings. The normalized spacial score (nSPS) is 10.6. The Labute approximate surface area is 149 Å². The van der Waals surface area contributed by atoms with Crippen LogP contribution in [0.1, 0.15) is 41.6 Å². The minimum absolute atomic E-state index is 0.313. The molecule has 8 heteroatoms. The van der Waals surface area contributed by atoms with Crippen LogP contribution in [0.25, 0.3) is 0 Å². The van der Waals surface area contributed by atoms with Crippen LogP contribution in [0.15, 0.2) is 12.1 Å². The van der Waals surface area contributed by atoms with E-state index in [1.165, 1.54) is 23.5 Å². The molecule has 1 aromatic heterocycles. The molecule has 0 radical (unpaired) electrons. The number of halogens is 2. The van der Waals surface area contributed by atoms with E-state index in [0.29, 0.717) is 33.1 Å². The van der Waals surface area contributed by atoms with Crippen LogP contribution in [0, 0.1) is 6.92 Å². The van der Waals surface area contributed by atoms with Crippen molar-refractivity contribution < 1.29 is 9.53 Å². The lowest BCUT2D eigenvalue weighted by Gasteiger charge is -2.11. The van der Waals surface area contributed by atoms with E-state index in [-0.39, 0.29) is 5.91 Å². The minimum Gasteiger partial charge on any atom is -0.490 e. The van der Waals surface area contributed by atoms with Crippen molar-refractivity contribution in [3.8, 4) is 5.75 Å². The molecule has 1 N–H and O–H groups in total. The molecule has 2 rings (SSSR count). The standard InChI is InChI=1S/C15H17Cl2N3O2S/c1-3-4-5-6-22-13-11(16)7-10(8-12(13)17)14(21)18-15-20-19-9(2)23-15/h7-8H,3-6H2,1-2H3,(H,18,20,21). The molecule has 0 aliphatic rings. The number of aromatic nitrogens is 2.